The van der Waals surface area contributed by atoms with E-state index in [0.717, 1.165) is 11.4 Å². The molecule has 0 aliphatic rings. The second-order valence-corrected chi connectivity index (χ2v) is 4.17. The summed E-state index contributed by atoms with van der Waals surface area (Å²) in [5, 5.41) is 13.5. The van der Waals surface area contributed by atoms with Crippen LogP contribution in [0.3, 0.4) is 0 Å². The van der Waals surface area contributed by atoms with Gasteiger partial charge in [-0.1, -0.05) is 0 Å². The molecule has 0 bridgehead atoms. The molecule has 102 valence electrons. The second-order valence-electron chi connectivity index (χ2n) is 3.83. The lowest BCUT2D eigenvalue weighted by molar-refractivity contribution is 0.0940. The number of carbonyl (C=O) groups excluding carboxylic acids is 1. The molecule has 0 atom stereocenters. The first-order valence-corrected chi connectivity index (χ1v) is 5.84. The summed E-state index contributed by atoms with van der Waals surface area (Å²) in [7, 11) is 3.20. The fourth-order valence-corrected chi connectivity index (χ4v) is 1.56. The number of H-pyrrole nitrogens is 1. The first kappa shape index (κ1) is 13.5. The van der Waals surface area contributed by atoms with Crippen LogP contribution in [0.25, 0.3) is 0 Å². The second kappa shape index (κ2) is 5.81. The predicted molar refractivity (Wildman–Crippen MR) is 66.5 cm³/mol. The normalized spacial score (nSPS) is 10.7. The van der Waals surface area contributed by atoms with Gasteiger partial charge in [0.15, 0.2) is 0 Å². The molecule has 0 fully saturated rings. The number of nitrogens with zero attached hydrogens (tertiary/aromatic N) is 4. The number of amides is 1. The van der Waals surface area contributed by atoms with Crippen LogP contribution in [0, 0.1) is 0 Å². The van der Waals surface area contributed by atoms with E-state index in [1.807, 2.05) is 6.07 Å². The smallest absolute Gasteiger partial charge is 0.291 e. The maximum absolute atomic E-state index is 11.7. The predicted octanol–water partition coefficient (Wildman–Crippen LogP) is 0.268. The molecule has 0 saturated heterocycles. The lowest BCUT2D eigenvalue weighted by Gasteiger charge is -1.99. The van der Waals surface area contributed by atoms with E-state index in [4.69, 9.17) is 16.3 Å². The first-order valence-electron chi connectivity index (χ1n) is 5.47. The van der Waals surface area contributed by atoms with Crippen molar-refractivity contribution in [2.24, 2.45) is 7.05 Å². The monoisotopic (exact) mass is 284 g/mol. The summed E-state index contributed by atoms with van der Waals surface area (Å²) in [5.41, 5.74) is 1.54. The van der Waals surface area contributed by atoms with Crippen LogP contribution in [-0.4, -0.2) is 38.0 Å². The van der Waals surface area contributed by atoms with Crippen molar-refractivity contribution >= 4 is 17.5 Å². The highest BCUT2D eigenvalue weighted by Gasteiger charge is 2.13. The average molecular weight is 285 g/mol. The highest BCUT2D eigenvalue weighted by molar-refractivity contribution is 6.28. The van der Waals surface area contributed by atoms with Crippen molar-refractivity contribution in [1.82, 2.24) is 30.3 Å². The van der Waals surface area contributed by atoms with Crippen molar-refractivity contribution in [3.05, 3.63) is 28.6 Å². The van der Waals surface area contributed by atoms with Crippen LogP contribution in [0.1, 0.15) is 22.0 Å². The van der Waals surface area contributed by atoms with Crippen LogP contribution >= 0.6 is 11.6 Å². The van der Waals surface area contributed by atoms with Gasteiger partial charge in [-0.25, -0.2) is 4.68 Å². The lowest BCUT2D eigenvalue weighted by atomic mass is 10.3. The van der Waals surface area contributed by atoms with E-state index in [1.54, 1.807) is 14.2 Å². The number of nitrogens with one attached hydrogen (secondary N) is 2. The standard InChI is InChI=1S/C10H13ClN6O2/c1-17-10(11)13-8(16-17)9(18)12-4-6-3-7(5-19-2)15-14-6/h3H,4-5H2,1-2H3,(H,12,18)(H,14,15). The lowest BCUT2D eigenvalue weighted by Crippen LogP contribution is -2.24. The number of hydrogen-bond donors (Lipinski definition) is 2. The van der Waals surface area contributed by atoms with Crippen LogP contribution in [0.5, 0.6) is 0 Å². The molecule has 2 rings (SSSR count). The quantitative estimate of drug-likeness (QED) is 0.821. The molecule has 0 spiro atoms. The summed E-state index contributed by atoms with van der Waals surface area (Å²) in [5.74, 6) is -0.366. The van der Waals surface area contributed by atoms with Gasteiger partial charge >= 0.3 is 0 Å². The molecule has 1 amide bonds. The van der Waals surface area contributed by atoms with Crippen LogP contribution in [0.2, 0.25) is 5.28 Å². The third-order valence-corrected chi connectivity index (χ3v) is 2.66. The number of halogens is 1. The molecule has 0 aromatic carbocycles. The van der Waals surface area contributed by atoms with E-state index >= 15 is 0 Å². The van der Waals surface area contributed by atoms with Crippen molar-refractivity contribution in [3.63, 3.8) is 0 Å². The van der Waals surface area contributed by atoms with Gasteiger partial charge in [0.25, 0.3) is 5.91 Å². The fraction of sp³-hybridized carbons (Fsp3) is 0.400. The molecule has 2 aromatic heterocycles. The summed E-state index contributed by atoms with van der Waals surface area (Å²) in [6, 6.07) is 1.81. The molecule has 9 heteroatoms. The van der Waals surface area contributed by atoms with Crippen LogP contribution < -0.4 is 5.32 Å². The first-order chi connectivity index (χ1) is 9.10. The molecular formula is C10H13ClN6O2. The number of methoxy groups -OCH3 is 1. The number of carbonyl (C=O) groups is 1. The van der Waals surface area contributed by atoms with E-state index in [9.17, 15) is 4.79 Å². The van der Waals surface area contributed by atoms with E-state index in [-0.39, 0.29) is 11.1 Å². The maximum atomic E-state index is 11.7. The Labute approximate surface area is 114 Å². The van der Waals surface area contributed by atoms with Gasteiger partial charge in [0, 0.05) is 14.2 Å². The van der Waals surface area contributed by atoms with Crippen molar-refractivity contribution in [2.45, 2.75) is 13.2 Å². The Hall–Kier alpha value is -1.93. The van der Waals surface area contributed by atoms with Gasteiger partial charge in [0.05, 0.1) is 24.5 Å². The van der Waals surface area contributed by atoms with Crippen molar-refractivity contribution in [1.29, 1.82) is 0 Å². The van der Waals surface area contributed by atoms with Gasteiger partial charge in [-0.15, -0.1) is 5.10 Å². The van der Waals surface area contributed by atoms with Gasteiger partial charge in [0.1, 0.15) is 0 Å². The summed E-state index contributed by atoms with van der Waals surface area (Å²) in [6.07, 6.45) is 0. The van der Waals surface area contributed by atoms with Gasteiger partial charge < -0.3 is 10.1 Å². The van der Waals surface area contributed by atoms with Crippen LogP contribution in [-0.2, 0) is 24.9 Å². The average Bonchev–Trinajstić information content (AvgIpc) is 2.95. The molecule has 0 aliphatic heterocycles. The minimum Gasteiger partial charge on any atom is -0.378 e. The van der Waals surface area contributed by atoms with Gasteiger partial charge in [-0.05, 0) is 17.7 Å². The molecule has 0 aliphatic carbocycles. The molecule has 0 unspecified atom stereocenters. The van der Waals surface area contributed by atoms with Crippen LogP contribution in [0.4, 0.5) is 0 Å². The third-order valence-electron chi connectivity index (χ3n) is 2.33. The highest BCUT2D eigenvalue weighted by atomic mass is 35.5. The Balaban J connectivity index is 1.92. The zero-order valence-electron chi connectivity index (χ0n) is 10.5. The van der Waals surface area contributed by atoms with Crippen molar-refractivity contribution < 1.29 is 9.53 Å². The topological polar surface area (TPSA) is 97.7 Å². The molecule has 2 N–H and O–H groups in total. The fourth-order valence-electron chi connectivity index (χ4n) is 1.44. The van der Waals surface area contributed by atoms with E-state index in [1.165, 1.54) is 4.68 Å². The summed E-state index contributed by atoms with van der Waals surface area (Å²) in [4.78, 5) is 15.6. The minimum atomic E-state index is -0.398. The van der Waals surface area contributed by atoms with E-state index in [2.05, 4.69) is 25.6 Å². The third kappa shape index (κ3) is 3.30. The Kier molecular flexibility index (Phi) is 4.13. The Morgan fingerprint density at radius 1 is 1.63 bits per heavy atom. The molecule has 0 radical (unpaired) electrons. The SMILES string of the molecule is COCc1cc(CNC(=O)c2nc(Cl)n(C)n2)[nH]n1. The molecule has 8 nitrogen and oxygen atoms in total. The Morgan fingerprint density at radius 3 is 3.05 bits per heavy atom. The molecule has 0 saturated carbocycles. The minimum absolute atomic E-state index is 0.0316. The maximum Gasteiger partial charge on any atom is 0.291 e. The number of hydrogen-bond acceptors (Lipinski definition) is 5. The molecule has 2 heterocycles. The van der Waals surface area contributed by atoms with Crippen LogP contribution in [0.15, 0.2) is 6.07 Å². The molecule has 2 aromatic rings. The van der Waals surface area contributed by atoms with Gasteiger partial charge in [-0.2, -0.15) is 10.1 Å². The van der Waals surface area contributed by atoms with E-state index < -0.39 is 5.91 Å². The number of aromatic nitrogens is 5. The highest BCUT2D eigenvalue weighted by Crippen LogP contribution is 2.04. The van der Waals surface area contributed by atoms with Crippen molar-refractivity contribution in [2.75, 3.05) is 7.11 Å². The zero-order valence-corrected chi connectivity index (χ0v) is 11.2. The number of rotatable bonds is 5. The molecule has 19 heavy (non-hydrogen) atoms. The van der Waals surface area contributed by atoms with E-state index in [0.29, 0.717) is 13.2 Å². The summed E-state index contributed by atoms with van der Waals surface area (Å²) >= 11 is 5.71. The largest absolute Gasteiger partial charge is 0.378 e. The number of ether oxygens (including phenoxy) is 1. The van der Waals surface area contributed by atoms with Gasteiger partial charge in [0.2, 0.25) is 11.1 Å². The Morgan fingerprint density at radius 2 is 2.42 bits per heavy atom. The number of aryl methyl sites for hydroxylation is 1. The summed E-state index contributed by atoms with van der Waals surface area (Å²) in [6.45, 7) is 0.716. The zero-order chi connectivity index (χ0) is 13.8. The number of aromatic amines is 1. The summed E-state index contributed by atoms with van der Waals surface area (Å²) < 4.78 is 6.27. The Bertz CT molecular complexity index is 559. The van der Waals surface area contributed by atoms with Crippen molar-refractivity contribution in [3.8, 4) is 0 Å². The molecular weight excluding hydrogens is 272 g/mol. The van der Waals surface area contributed by atoms with Gasteiger partial charge in [-0.3, -0.25) is 9.89 Å².